The van der Waals surface area contributed by atoms with E-state index in [9.17, 15) is 4.39 Å². The van der Waals surface area contributed by atoms with Crippen LogP contribution in [0.5, 0.6) is 5.75 Å². The molecule has 0 amide bonds. The van der Waals surface area contributed by atoms with Crippen molar-refractivity contribution >= 4 is 33.4 Å². The summed E-state index contributed by atoms with van der Waals surface area (Å²) in [5.41, 5.74) is 5.34. The Hall–Kier alpha value is -0.810. The lowest BCUT2D eigenvalue weighted by Crippen LogP contribution is -2.32. The zero-order chi connectivity index (χ0) is 12.3. The van der Waals surface area contributed by atoms with Gasteiger partial charge in [-0.3, -0.25) is 5.41 Å². The first kappa shape index (κ1) is 13.3. The van der Waals surface area contributed by atoms with Crippen LogP contribution in [0.3, 0.4) is 0 Å². The van der Waals surface area contributed by atoms with Crippen LogP contribution in [-0.2, 0) is 0 Å². The van der Waals surface area contributed by atoms with Crippen LogP contribution < -0.4 is 10.5 Å². The highest BCUT2D eigenvalue weighted by molar-refractivity contribution is 9.10. The summed E-state index contributed by atoms with van der Waals surface area (Å²) < 4.78 is 19.1. The molecule has 1 aromatic carbocycles. The summed E-state index contributed by atoms with van der Waals surface area (Å²) >= 11 is 8.79. The van der Waals surface area contributed by atoms with Crippen molar-refractivity contribution in [3.8, 4) is 5.75 Å². The lowest BCUT2D eigenvalue weighted by atomic mass is 10.2. The van der Waals surface area contributed by atoms with Gasteiger partial charge in [0, 0.05) is 6.07 Å². The second-order valence-electron chi connectivity index (χ2n) is 3.17. The van der Waals surface area contributed by atoms with Crippen LogP contribution in [0.1, 0.15) is 13.3 Å². The molecule has 0 spiro atoms. The van der Waals surface area contributed by atoms with E-state index in [-0.39, 0.29) is 16.6 Å². The standard InChI is InChI=1S/C10H11BrClFN2O/c1-2-8(10(14)15)16-9-4-7(13)6(12)3-5(9)11/h3-4,8H,2H2,1H3,(H3,14,15). The summed E-state index contributed by atoms with van der Waals surface area (Å²) in [6, 6.07) is 2.57. The van der Waals surface area contributed by atoms with E-state index in [4.69, 9.17) is 27.5 Å². The van der Waals surface area contributed by atoms with Crippen molar-refractivity contribution in [2.75, 3.05) is 0 Å². The number of nitrogens with one attached hydrogen (secondary N) is 1. The van der Waals surface area contributed by atoms with E-state index in [1.165, 1.54) is 6.07 Å². The summed E-state index contributed by atoms with van der Waals surface area (Å²) in [7, 11) is 0. The van der Waals surface area contributed by atoms with Gasteiger partial charge in [0.1, 0.15) is 17.4 Å². The minimum atomic E-state index is -0.571. The van der Waals surface area contributed by atoms with Gasteiger partial charge in [0.2, 0.25) is 0 Å². The maximum absolute atomic E-state index is 13.2. The molecule has 0 aromatic heterocycles. The van der Waals surface area contributed by atoms with Gasteiger partial charge in [0.15, 0.2) is 6.10 Å². The molecule has 0 aliphatic heterocycles. The van der Waals surface area contributed by atoms with Crippen molar-refractivity contribution < 1.29 is 9.13 Å². The van der Waals surface area contributed by atoms with Gasteiger partial charge >= 0.3 is 0 Å². The Bertz CT molecular complexity index is 414. The minimum absolute atomic E-state index is 0.00935. The first-order valence-corrected chi connectivity index (χ1v) is 5.78. The molecule has 0 saturated heterocycles. The molecule has 0 aliphatic carbocycles. The van der Waals surface area contributed by atoms with Crippen LogP contribution >= 0.6 is 27.5 Å². The van der Waals surface area contributed by atoms with Gasteiger partial charge in [0.05, 0.1) is 9.50 Å². The number of halogens is 3. The molecule has 0 fully saturated rings. The van der Waals surface area contributed by atoms with Crippen LogP contribution in [0.4, 0.5) is 4.39 Å². The first-order chi connectivity index (χ1) is 7.45. The zero-order valence-electron chi connectivity index (χ0n) is 8.56. The number of nitrogens with two attached hydrogens (primary N) is 1. The Morgan fingerprint density at radius 1 is 1.69 bits per heavy atom. The van der Waals surface area contributed by atoms with E-state index < -0.39 is 11.9 Å². The van der Waals surface area contributed by atoms with Crippen LogP contribution in [0.15, 0.2) is 16.6 Å². The molecule has 0 saturated carbocycles. The Labute approximate surface area is 106 Å². The predicted octanol–water partition coefficient (Wildman–Crippen LogP) is 3.33. The van der Waals surface area contributed by atoms with Crippen LogP contribution in [0, 0.1) is 11.2 Å². The van der Waals surface area contributed by atoms with Crippen LogP contribution in [-0.4, -0.2) is 11.9 Å². The third kappa shape index (κ3) is 3.09. The molecule has 1 aromatic rings. The van der Waals surface area contributed by atoms with E-state index in [0.29, 0.717) is 10.9 Å². The van der Waals surface area contributed by atoms with Crippen molar-refractivity contribution in [2.24, 2.45) is 5.73 Å². The molecule has 0 aliphatic rings. The van der Waals surface area contributed by atoms with E-state index in [2.05, 4.69) is 15.9 Å². The smallest absolute Gasteiger partial charge is 0.155 e. The highest BCUT2D eigenvalue weighted by atomic mass is 79.9. The number of hydrogen-bond acceptors (Lipinski definition) is 2. The fourth-order valence-electron chi connectivity index (χ4n) is 1.11. The van der Waals surface area contributed by atoms with Gasteiger partial charge < -0.3 is 10.5 Å². The van der Waals surface area contributed by atoms with Crippen molar-refractivity contribution in [1.82, 2.24) is 0 Å². The molecule has 0 bridgehead atoms. The van der Waals surface area contributed by atoms with Gasteiger partial charge in [-0.1, -0.05) is 18.5 Å². The number of benzene rings is 1. The van der Waals surface area contributed by atoms with Gasteiger partial charge in [-0.05, 0) is 28.4 Å². The molecule has 0 radical (unpaired) electrons. The average Bonchev–Trinajstić information content (AvgIpc) is 2.21. The second-order valence-corrected chi connectivity index (χ2v) is 4.43. The van der Waals surface area contributed by atoms with Crippen LogP contribution in [0.2, 0.25) is 5.02 Å². The molecular weight excluding hydrogens is 298 g/mol. The third-order valence-corrected chi connectivity index (χ3v) is 2.87. The summed E-state index contributed by atoms with van der Waals surface area (Å²) in [5, 5.41) is 7.29. The molecule has 0 heterocycles. The molecule has 6 heteroatoms. The second kappa shape index (κ2) is 5.50. The maximum atomic E-state index is 13.2. The van der Waals surface area contributed by atoms with E-state index in [1.54, 1.807) is 0 Å². The quantitative estimate of drug-likeness (QED) is 0.509. The monoisotopic (exact) mass is 308 g/mol. The molecule has 88 valence electrons. The highest BCUT2D eigenvalue weighted by Gasteiger charge is 2.15. The normalized spacial score (nSPS) is 12.2. The Balaban J connectivity index is 2.96. The lowest BCUT2D eigenvalue weighted by Gasteiger charge is -2.17. The average molecular weight is 310 g/mol. The Morgan fingerprint density at radius 2 is 2.31 bits per heavy atom. The maximum Gasteiger partial charge on any atom is 0.155 e. The molecule has 3 nitrogen and oxygen atoms in total. The Morgan fingerprint density at radius 3 is 2.81 bits per heavy atom. The molecule has 16 heavy (non-hydrogen) atoms. The molecular formula is C10H11BrClFN2O. The summed E-state index contributed by atoms with van der Waals surface area (Å²) in [4.78, 5) is 0. The van der Waals surface area contributed by atoms with Crippen molar-refractivity contribution in [1.29, 1.82) is 5.41 Å². The molecule has 1 unspecified atom stereocenters. The summed E-state index contributed by atoms with van der Waals surface area (Å²) in [6.07, 6.45) is -0.0247. The minimum Gasteiger partial charge on any atom is -0.481 e. The van der Waals surface area contributed by atoms with Crippen molar-refractivity contribution in [3.63, 3.8) is 0 Å². The zero-order valence-corrected chi connectivity index (χ0v) is 10.9. The summed E-state index contributed by atoms with van der Waals surface area (Å²) in [5.74, 6) is -0.382. The van der Waals surface area contributed by atoms with E-state index >= 15 is 0 Å². The van der Waals surface area contributed by atoms with Crippen LogP contribution in [0.25, 0.3) is 0 Å². The largest absolute Gasteiger partial charge is 0.481 e. The lowest BCUT2D eigenvalue weighted by molar-refractivity contribution is 0.257. The fraction of sp³-hybridized carbons (Fsp3) is 0.300. The van der Waals surface area contributed by atoms with Gasteiger partial charge in [-0.2, -0.15) is 0 Å². The van der Waals surface area contributed by atoms with E-state index in [0.717, 1.165) is 6.07 Å². The van der Waals surface area contributed by atoms with Crippen molar-refractivity contribution in [3.05, 3.63) is 27.4 Å². The summed E-state index contributed by atoms with van der Waals surface area (Å²) in [6.45, 7) is 1.83. The molecule has 1 rings (SSSR count). The number of rotatable bonds is 4. The number of ether oxygens (including phenoxy) is 1. The molecule has 3 N–H and O–H groups in total. The first-order valence-electron chi connectivity index (χ1n) is 4.60. The fourth-order valence-corrected chi connectivity index (χ4v) is 1.85. The third-order valence-electron chi connectivity index (χ3n) is 1.96. The Kier molecular flexibility index (Phi) is 4.56. The van der Waals surface area contributed by atoms with Gasteiger partial charge in [0.25, 0.3) is 0 Å². The predicted molar refractivity (Wildman–Crippen MR) is 65.7 cm³/mol. The topological polar surface area (TPSA) is 59.1 Å². The highest BCUT2D eigenvalue weighted by Crippen LogP contribution is 2.31. The number of hydrogen-bond donors (Lipinski definition) is 2. The van der Waals surface area contributed by atoms with Gasteiger partial charge in [-0.25, -0.2) is 4.39 Å². The molecule has 1 atom stereocenters. The number of amidine groups is 1. The van der Waals surface area contributed by atoms with Crippen molar-refractivity contribution in [2.45, 2.75) is 19.4 Å². The van der Waals surface area contributed by atoms with E-state index in [1.807, 2.05) is 6.92 Å². The van der Waals surface area contributed by atoms with Gasteiger partial charge in [-0.15, -0.1) is 0 Å². The SMILES string of the molecule is CCC(Oc1cc(F)c(Cl)cc1Br)C(=N)N.